The van der Waals surface area contributed by atoms with Crippen molar-refractivity contribution in [3.05, 3.63) is 54.1 Å². The summed E-state index contributed by atoms with van der Waals surface area (Å²) in [6.45, 7) is 4.55. The van der Waals surface area contributed by atoms with Crippen molar-refractivity contribution in [3.63, 3.8) is 0 Å². The second-order valence-electron chi connectivity index (χ2n) is 6.88. The first-order chi connectivity index (χ1) is 15.6. The number of benzene rings is 2. The standard InChI is InChI=1S/C22H22N6O3S/c1-4-28-20(21-24-19(27-31-21)15-9-7-8-14(2)12-15)25-26-22(28)32-13-18(29)23-16-10-5-6-11-17(16)30-3/h5-12H,4,13H2,1-3H3,(H,23,29). The largest absolute Gasteiger partial charge is 0.495 e. The van der Waals surface area contributed by atoms with Crippen LogP contribution in [0.1, 0.15) is 12.5 Å². The van der Waals surface area contributed by atoms with E-state index < -0.39 is 0 Å². The van der Waals surface area contributed by atoms with Crippen molar-refractivity contribution >= 4 is 23.4 Å². The Kier molecular flexibility index (Phi) is 6.50. The van der Waals surface area contributed by atoms with Crippen LogP contribution in [-0.2, 0) is 11.3 Å². The maximum atomic E-state index is 12.4. The van der Waals surface area contributed by atoms with Crippen molar-refractivity contribution in [2.24, 2.45) is 0 Å². The number of para-hydroxylation sites is 2. The van der Waals surface area contributed by atoms with Crippen LogP contribution in [-0.4, -0.2) is 43.7 Å². The smallest absolute Gasteiger partial charge is 0.296 e. The summed E-state index contributed by atoms with van der Waals surface area (Å²) in [6, 6.07) is 15.1. The number of hydrogen-bond acceptors (Lipinski definition) is 8. The summed E-state index contributed by atoms with van der Waals surface area (Å²) >= 11 is 1.28. The lowest BCUT2D eigenvalue weighted by molar-refractivity contribution is -0.113. The normalized spacial score (nSPS) is 10.8. The minimum absolute atomic E-state index is 0.161. The van der Waals surface area contributed by atoms with E-state index in [1.165, 1.54) is 11.8 Å². The van der Waals surface area contributed by atoms with Crippen LogP contribution in [0.25, 0.3) is 23.1 Å². The molecule has 0 aliphatic rings. The van der Waals surface area contributed by atoms with Crippen molar-refractivity contribution in [2.45, 2.75) is 25.5 Å². The lowest BCUT2D eigenvalue weighted by atomic mass is 10.1. The topological polar surface area (TPSA) is 108 Å². The zero-order valence-corrected chi connectivity index (χ0v) is 18.7. The van der Waals surface area contributed by atoms with Crippen molar-refractivity contribution in [1.29, 1.82) is 0 Å². The van der Waals surface area contributed by atoms with Crippen molar-refractivity contribution in [2.75, 3.05) is 18.2 Å². The van der Waals surface area contributed by atoms with Gasteiger partial charge >= 0.3 is 0 Å². The van der Waals surface area contributed by atoms with E-state index >= 15 is 0 Å². The molecule has 32 heavy (non-hydrogen) atoms. The van der Waals surface area contributed by atoms with Gasteiger partial charge in [-0.05, 0) is 32.0 Å². The number of rotatable bonds is 8. The first kappa shape index (κ1) is 21.6. The van der Waals surface area contributed by atoms with Crippen LogP contribution in [0.15, 0.2) is 58.2 Å². The number of carbonyl (C=O) groups excluding carboxylic acids is 1. The molecule has 0 saturated heterocycles. The number of carbonyl (C=O) groups is 1. The van der Waals surface area contributed by atoms with Gasteiger partial charge in [-0.25, -0.2) is 0 Å². The Morgan fingerprint density at radius 3 is 2.81 bits per heavy atom. The number of amides is 1. The van der Waals surface area contributed by atoms with E-state index in [0.29, 0.717) is 34.8 Å². The number of aryl methyl sites for hydroxylation is 1. The van der Waals surface area contributed by atoms with Gasteiger partial charge in [0.05, 0.1) is 18.6 Å². The summed E-state index contributed by atoms with van der Waals surface area (Å²) in [6.07, 6.45) is 0. The van der Waals surface area contributed by atoms with Crippen LogP contribution >= 0.6 is 11.8 Å². The van der Waals surface area contributed by atoms with Gasteiger partial charge in [0, 0.05) is 12.1 Å². The van der Waals surface area contributed by atoms with Gasteiger partial charge in [-0.1, -0.05) is 52.8 Å². The molecule has 0 bridgehead atoms. The van der Waals surface area contributed by atoms with Gasteiger partial charge in [0.2, 0.25) is 17.6 Å². The second kappa shape index (κ2) is 9.65. The fraction of sp³-hybridized carbons (Fsp3) is 0.227. The van der Waals surface area contributed by atoms with E-state index in [2.05, 4.69) is 25.7 Å². The molecule has 0 aliphatic heterocycles. The molecule has 164 valence electrons. The summed E-state index contributed by atoms with van der Waals surface area (Å²) in [4.78, 5) is 16.9. The average molecular weight is 451 g/mol. The summed E-state index contributed by atoms with van der Waals surface area (Å²) in [7, 11) is 1.56. The molecule has 0 atom stereocenters. The Labute approximate surface area is 189 Å². The molecule has 2 aromatic carbocycles. The Balaban J connectivity index is 1.47. The number of anilines is 1. The fourth-order valence-corrected chi connectivity index (χ4v) is 3.92. The van der Waals surface area contributed by atoms with E-state index in [1.54, 1.807) is 19.2 Å². The molecular formula is C22H22N6O3S. The molecule has 1 N–H and O–H groups in total. The molecule has 0 saturated carbocycles. The lowest BCUT2D eigenvalue weighted by Crippen LogP contribution is -2.15. The molecule has 2 aromatic heterocycles. The van der Waals surface area contributed by atoms with Crippen LogP contribution in [0, 0.1) is 6.92 Å². The third-order valence-electron chi connectivity index (χ3n) is 4.64. The fourth-order valence-electron chi connectivity index (χ4n) is 3.12. The summed E-state index contributed by atoms with van der Waals surface area (Å²) in [5, 5.41) is 15.9. The van der Waals surface area contributed by atoms with Crippen molar-refractivity contribution in [1.82, 2.24) is 24.9 Å². The quantitative estimate of drug-likeness (QED) is 0.400. The van der Waals surface area contributed by atoms with Crippen LogP contribution in [0.3, 0.4) is 0 Å². The highest BCUT2D eigenvalue weighted by Gasteiger charge is 2.20. The van der Waals surface area contributed by atoms with Gasteiger partial charge in [-0.15, -0.1) is 10.2 Å². The molecule has 1 amide bonds. The van der Waals surface area contributed by atoms with E-state index in [-0.39, 0.29) is 17.6 Å². The maximum Gasteiger partial charge on any atom is 0.296 e. The molecular weight excluding hydrogens is 428 g/mol. The third-order valence-corrected chi connectivity index (χ3v) is 5.61. The number of thioether (sulfide) groups is 1. The molecule has 9 nitrogen and oxygen atoms in total. The molecule has 0 unspecified atom stereocenters. The minimum Gasteiger partial charge on any atom is -0.495 e. The monoisotopic (exact) mass is 450 g/mol. The second-order valence-corrected chi connectivity index (χ2v) is 7.82. The summed E-state index contributed by atoms with van der Waals surface area (Å²) < 4.78 is 12.6. The van der Waals surface area contributed by atoms with E-state index in [0.717, 1.165) is 11.1 Å². The van der Waals surface area contributed by atoms with Crippen LogP contribution < -0.4 is 10.1 Å². The highest BCUT2D eigenvalue weighted by Crippen LogP contribution is 2.27. The highest BCUT2D eigenvalue weighted by atomic mass is 32.2. The van der Waals surface area contributed by atoms with Gasteiger partial charge in [-0.3, -0.25) is 9.36 Å². The van der Waals surface area contributed by atoms with Gasteiger partial charge in [-0.2, -0.15) is 4.98 Å². The zero-order chi connectivity index (χ0) is 22.5. The molecule has 0 spiro atoms. The number of methoxy groups -OCH3 is 1. The van der Waals surface area contributed by atoms with Gasteiger partial charge in [0.15, 0.2) is 5.16 Å². The van der Waals surface area contributed by atoms with Gasteiger partial charge in [0.1, 0.15) is 5.75 Å². The SMILES string of the molecule is CCn1c(SCC(=O)Nc2ccccc2OC)nnc1-c1nc(-c2cccc(C)c2)no1. The molecule has 0 aliphatic carbocycles. The first-order valence-corrected chi connectivity index (χ1v) is 11.0. The number of aromatic nitrogens is 5. The van der Waals surface area contributed by atoms with Crippen LogP contribution in [0.4, 0.5) is 5.69 Å². The van der Waals surface area contributed by atoms with Crippen molar-refractivity contribution < 1.29 is 14.1 Å². The third kappa shape index (κ3) is 4.65. The summed E-state index contributed by atoms with van der Waals surface area (Å²) in [5.74, 6) is 1.82. The molecule has 2 heterocycles. The van der Waals surface area contributed by atoms with Crippen LogP contribution in [0.5, 0.6) is 5.75 Å². The first-order valence-electron chi connectivity index (χ1n) is 9.99. The average Bonchev–Trinajstić information content (AvgIpc) is 3.45. The van der Waals surface area contributed by atoms with E-state index in [1.807, 2.05) is 54.8 Å². The molecule has 0 radical (unpaired) electrons. The van der Waals surface area contributed by atoms with E-state index in [9.17, 15) is 4.79 Å². The Morgan fingerprint density at radius 1 is 1.19 bits per heavy atom. The zero-order valence-electron chi connectivity index (χ0n) is 17.9. The van der Waals surface area contributed by atoms with Crippen LogP contribution in [0.2, 0.25) is 0 Å². The number of nitrogens with one attached hydrogen (secondary N) is 1. The number of hydrogen-bond donors (Lipinski definition) is 1. The molecule has 4 rings (SSSR count). The predicted molar refractivity (Wildman–Crippen MR) is 122 cm³/mol. The Morgan fingerprint density at radius 2 is 2.03 bits per heavy atom. The molecule has 0 fully saturated rings. The predicted octanol–water partition coefficient (Wildman–Crippen LogP) is 4.06. The lowest BCUT2D eigenvalue weighted by Gasteiger charge is -2.09. The van der Waals surface area contributed by atoms with Gasteiger partial charge in [0.25, 0.3) is 5.89 Å². The van der Waals surface area contributed by atoms with E-state index in [4.69, 9.17) is 9.26 Å². The molecule has 10 heteroatoms. The Hall–Kier alpha value is -3.66. The highest BCUT2D eigenvalue weighted by molar-refractivity contribution is 7.99. The number of nitrogens with zero attached hydrogens (tertiary/aromatic N) is 5. The number of ether oxygens (including phenoxy) is 1. The van der Waals surface area contributed by atoms with Crippen molar-refractivity contribution in [3.8, 4) is 28.9 Å². The summed E-state index contributed by atoms with van der Waals surface area (Å²) in [5.41, 5.74) is 2.59. The Bertz CT molecular complexity index is 1240. The maximum absolute atomic E-state index is 12.4. The molecule has 4 aromatic rings. The van der Waals surface area contributed by atoms with Gasteiger partial charge < -0.3 is 14.6 Å². The minimum atomic E-state index is -0.175.